The Bertz CT molecular complexity index is 1870. The summed E-state index contributed by atoms with van der Waals surface area (Å²) >= 11 is 0. The standard InChI is InChI=1S/C37H38N5O6P/c1-40(2)49(45,46)48-26-32-25-42(34(27-47-32)41-24-23-33(39-36(41)44)38-35(43)28-15-7-3-8-16-28)37(29-17-9-4-10-18-29,30-19-11-5-12-20-30)31-21-13-6-14-22-31/h3-24,32,34H,25-27H2,1-2H3,(H,45,46)(H,38,39,43,44)/t32-,34?/m0/s1. The molecular formula is C37H38N5O6P. The van der Waals surface area contributed by atoms with Gasteiger partial charge in [-0.2, -0.15) is 4.98 Å². The molecule has 49 heavy (non-hydrogen) atoms. The molecule has 1 aliphatic heterocycles. The quantitative estimate of drug-likeness (QED) is 0.140. The molecule has 1 aliphatic rings. The van der Waals surface area contributed by atoms with Gasteiger partial charge in [0.25, 0.3) is 5.91 Å². The number of morpholine rings is 1. The molecule has 1 amide bonds. The van der Waals surface area contributed by atoms with E-state index in [0.29, 0.717) is 5.56 Å². The van der Waals surface area contributed by atoms with Crippen LogP contribution in [0.5, 0.6) is 0 Å². The van der Waals surface area contributed by atoms with Crippen LogP contribution in [0.1, 0.15) is 33.2 Å². The van der Waals surface area contributed by atoms with Gasteiger partial charge >= 0.3 is 13.4 Å². The van der Waals surface area contributed by atoms with Crippen molar-refractivity contribution in [3.05, 3.63) is 166 Å². The lowest BCUT2D eigenvalue weighted by Gasteiger charge is -2.52. The van der Waals surface area contributed by atoms with E-state index in [1.165, 1.54) is 18.7 Å². The summed E-state index contributed by atoms with van der Waals surface area (Å²) in [4.78, 5) is 43.5. The molecule has 2 unspecified atom stereocenters. The molecule has 0 bridgehead atoms. The van der Waals surface area contributed by atoms with Crippen LogP contribution in [0.4, 0.5) is 5.82 Å². The van der Waals surface area contributed by atoms with Crippen LogP contribution in [0.25, 0.3) is 0 Å². The van der Waals surface area contributed by atoms with Gasteiger partial charge in [0.2, 0.25) is 0 Å². The monoisotopic (exact) mass is 679 g/mol. The highest BCUT2D eigenvalue weighted by atomic mass is 31.2. The molecule has 1 aromatic heterocycles. The van der Waals surface area contributed by atoms with Gasteiger partial charge in [-0.25, -0.2) is 14.0 Å². The number of amides is 1. The minimum absolute atomic E-state index is 0.0251. The molecule has 0 saturated carbocycles. The van der Waals surface area contributed by atoms with Gasteiger partial charge in [0.1, 0.15) is 12.0 Å². The third-order valence-electron chi connectivity index (χ3n) is 8.61. The second-order valence-electron chi connectivity index (χ2n) is 11.9. The molecule has 1 saturated heterocycles. The Morgan fingerprint density at radius 2 is 1.41 bits per heavy atom. The lowest BCUT2D eigenvalue weighted by Crippen LogP contribution is -2.59. The van der Waals surface area contributed by atoms with Gasteiger partial charge in [-0.05, 0) is 49.0 Å². The molecule has 2 N–H and O–H groups in total. The van der Waals surface area contributed by atoms with Crippen molar-refractivity contribution in [1.29, 1.82) is 0 Å². The van der Waals surface area contributed by atoms with E-state index in [9.17, 15) is 19.0 Å². The second-order valence-corrected chi connectivity index (χ2v) is 13.9. The molecule has 11 nitrogen and oxygen atoms in total. The van der Waals surface area contributed by atoms with Crippen LogP contribution in [0, 0.1) is 0 Å². The predicted molar refractivity (Wildman–Crippen MR) is 187 cm³/mol. The van der Waals surface area contributed by atoms with E-state index in [1.807, 2.05) is 60.7 Å². The highest BCUT2D eigenvalue weighted by Crippen LogP contribution is 2.48. The smallest absolute Gasteiger partial charge is 0.371 e. The Morgan fingerprint density at radius 1 is 0.898 bits per heavy atom. The minimum Gasteiger partial charge on any atom is -0.371 e. The first-order valence-electron chi connectivity index (χ1n) is 15.9. The van der Waals surface area contributed by atoms with Crippen molar-refractivity contribution in [2.45, 2.75) is 17.8 Å². The molecule has 5 aromatic rings. The number of aromatic nitrogens is 2. The van der Waals surface area contributed by atoms with Gasteiger partial charge in [-0.1, -0.05) is 109 Å². The molecule has 2 heterocycles. The van der Waals surface area contributed by atoms with Crippen LogP contribution in [0.3, 0.4) is 0 Å². The topological polar surface area (TPSA) is 126 Å². The number of hydrogen-bond donors (Lipinski definition) is 2. The number of anilines is 1. The SMILES string of the molecule is CN(C)P(=O)(O)OC[C@@H]1CN(C(c2ccccc2)(c2ccccc2)c2ccccc2)C(n2ccc(NC(=O)c3ccccc3)nc2=O)CO1. The molecule has 4 aromatic carbocycles. The summed E-state index contributed by atoms with van der Waals surface area (Å²) in [6, 6.07) is 40.3. The average Bonchev–Trinajstić information content (AvgIpc) is 3.13. The average molecular weight is 680 g/mol. The number of hydrogen-bond acceptors (Lipinski definition) is 7. The van der Waals surface area contributed by atoms with Crippen LogP contribution in [-0.2, 0) is 19.4 Å². The fourth-order valence-electron chi connectivity index (χ4n) is 6.22. The maximum atomic E-state index is 13.9. The van der Waals surface area contributed by atoms with Gasteiger partial charge in [-0.3, -0.25) is 18.8 Å². The maximum absolute atomic E-state index is 13.9. The Balaban J connectivity index is 1.48. The summed E-state index contributed by atoms with van der Waals surface area (Å²) in [5.41, 5.74) is 1.69. The molecule has 0 spiro atoms. The lowest BCUT2D eigenvalue weighted by molar-refractivity contribution is -0.127. The molecule has 0 radical (unpaired) electrons. The van der Waals surface area contributed by atoms with Crippen molar-refractivity contribution in [3.8, 4) is 0 Å². The van der Waals surface area contributed by atoms with E-state index < -0.39 is 31.2 Å². The maximum Gasteiger partial charge on any atom is 0.405 e. The first kappa shape index (κ1) is 34.1. The van der Waals surface area contributed by atoms with Crippen LogP contribution in [0.2, 0.25) is 0 Å². The van der Waals surface area contributed by atoms with Crippen molar-refractivity contribution in [2.24, 2.45) is 0 Å². The zero-order chi connectivity index (χ0) is 34.4. The van der Waals surface area contributed by atoms with Crippen molar-refractivity contribution >= 4 is 19.5 Å². The summed E-state index contributed by atoms with van der Waals surface area (Å²) in [7, 11) is -1.10. The summed E-state index contributed by atoms with van der Waals surface area (Å²) in [5.74, 6) is -0.265. The Morgan fingerprint density at radius 3 is 1.90 bits per heavy atom. The molecule has 1 fully saturated rings. The van der Waals surface area contributed by atoms with Crippen molar-refractivity contribution < 1.29 is 23.5 Å². The molecule has 12 heteroatoms. The zero-order valence-corrected chi connectivity index (χ0v) is 28.1. The Labute approximate surface area is 285 Å². The Hall–Kier alpha value is -4.74. The van der Waals surface area contributed by atoms with Crippen LogP contribution >= 0.6 is 7.75 Å². The fourth-order valence-corrected chi connectivity index (χ4v) is 6.81. The molecule has 0 aliphatic carbocycles. The highest BCUT2D eigenvalue weighted by molar-refractivity contribution is 7.50. The highest BCUT2D eigenvalue weighted by Gasteiger charge is 2.49. The van der Waals surface area contributed by atoms with E-state index in [1.54, 1.807) is 36.5 Å². The van der Waals surface area contributed by atoms with Crippen molar-refractivity contribution in [3.63, 3.8) is 0 Å². The van der Waals surface area contributed by atoms with Crippen LogP contribution < -0.4 is 11.0 Å². The van der Waals surface area contributed by atoms with Gasteiger partial charge < -0.3 is 14.9 Å². The van der Waals surface area contributed by atoms with Crippen molar-refractivity contribution in [2.75, 3.05) is 39.2 Å². The molecule has 252 valence electrons. The predicted octanol–water partition coefficient (Wildman–Crippen LogP) is 5.37. The number of ether oxygens (including phenoxy) is 1. The lowest BCUT2D eigenvalue weighted by atomic mass is 9.74. The molecular weight excluding hydrogens is 641 g/mol. The third kappa shape index (κ3) is 7.18. The van der Waals surface area contributed by atoms with E-state index in [2.05, 4.69) is 51.6 Å². The van der Waals surface area contributed by atoms with E-state index in [0.717, 1.165) is 21.4 Å². The molecule has 3 atom stereocenters. The second kappa shape index (κ2) is 14.8. The first-order valence-corrected chi connectivity index (χ1v) is 17.4. The number of benzene rings is 4. The van der Waals surface area contributed by atoms with Crippen LogP contribution in [0.15, 0.2) is 138 Å². The zero-order valence-electron chi connectivity index (χ0n) is 27.2. The number of carbonyl (C=O) groups is 1. The number of carbonyl (C=O) groups excluding carboxylic acids is 1. The third-order valence-corrected chi connectivity index (χ3v) is 10.1. The minimum atomic E-state index is -4.05. The summed E-state index contributed by atoms with van der Waals surface area (Å²) < 4.78 is 27.2. The van der Waals surface area contributed by atoms with E-state index >= 15 is 0 Å². The van der Waals surface area contributed by atoms with Crippen molar-refractivity contribution in [1.82, 2.24) is 19.1 Å². The summed E-state index contributed by atoms with van der Waals surface area (Å²) in [6.45, 7) is 0.0637. The normalized spacial score (nSPS) is 18.1. The first-order chi connectivity index (χ1) is 23.7. The fraction of sp³-hybridized carbons (Fsp3) is 0.216. The number of rotatable bonds is 11. The number of nitrogens with one attached hydrogen (secondary N) is 1. The van der Waals surface area contributed by atoms with Crippen LogP contribution in [-0.4, -0.2) is 69.9 Å². The summed E-state index contributed by atoms with van der Waals surface area (Å²) in [6.07, 6.45) is 0.263. The van der Waals surface area contributed by atoms with E-state index in [-0.39, 0.29) is 31.5 Å². The number of nitrogens with zero attached hydrogens (tertiary/aromatic N) is 4. The van der Waals surface area contributed by atoms with Gasteiger partial charge in [0.15, 0.2) is 0 Å². The van der Waals surface area contributed by atoms with Gasteiger partial charge in [0, 0.05) is 18.3 Å². The molecule has 6 rings (SSSR count). The van der Waals surface area contributed by atoms with Gasteiger partial charge in [-0.15, -0.1) is 0 Å². The summed E-state index contributed by atoms with van der Waals surface area (Å²) in [5, 5.41) is 2.72. The van der Waals surface area contributed by atoms with E-state index in [4.69, 9.17) is 9.26 Å². The largest absolute Gasteiger partial charge is 0.405 e. The van der Waals surface area contributed by atoms with Gasteiger partial charge in [0.05, 0.1) is 24.9 Å². The Kier molecular flexibility index (Phi) is 10.3.